The molecule has 1 aromatic carbocycles. The molecule has 15 heavy (non-hydrogen) atoms. The maximum atomic E-state index is 8.97. The number of nitrogens with zero attached hydrogens (tertiary/aromatic N) is 1. The third-order valence-electron chi connectivity index (χ3n) is 2.52. The Bertz CT molecular complexity index is 388. The lowest BCUT2D eigenvalue weighted by Gasteiger charge is -2.26. The zero-order valence-corrected chi connectivity index (χ0v) is 9.46. The molecule has 0 aromatic heterocycles. The minimum absolute atomic E-state index is 0.0122. The SMILES string of the molecule is CCC(C)(C)Nc1ccc(N)cc1C#N. The van der Waals surface area contributed by atoms with Crippen LogP contribution in [0.4, 0.5) is 11.4 Å². The van der Waals surface area contributed by atoms with Gasteiger partial charge in [-0.15, -0.1) is 0 Å². The van der Waals surface area contributed by atoms with Crippen LogP contribution in [0.3, 0.4) is 0 Å². The fourth-order valence-corrected chi connectivity index (χ4v) is 1.22. The molecule has 80 valence electrons. The number of nitriles is 1. The predicted molar refractivity (Wildman–Crippen MR) is 63.6 cm³/mol. The van der Waals surface area contributed by atoms with Crippen LogP contribution in [-0.4, -0.2) is 5.54 Å². The first-order chi connectivity index (χ1) is 6.98. The van der Waals surface area contributed by atoms with Crippen molar-refractivity contribution >= 4 is 11.4 Å². The van der Waals surface area contributed by atoms with Gasteiger partial charge in [0, 0.05) is 11.2 Å². The van der Waals surface area contributed by atoms with Gasteiger partial charge in [-0.25, -0.2) is 0 Å². The Balaban J connectivity index is 3.01. The molecule has 0 aliphatic heterocycles. The van der Waals surface area contributed by atoms with E-state index in [1.807, 2.05) is 6.07 Å². The molecule has 0 spiro atoms. The van der Waals surface area contributed by atoms with E-state index in [4.69, 9.17) is 11.0 Å². The molecule has 0 aliphatic rings. The molecular formula is C12H17N3. The molecule has 3 heteroatoms. The van der Waals surface area contributed by atoms with Crippen molar-refractivity contribution in [2.24, 2.45) is 0 Å². The van der Waals surface area contributed by atoms with E-state index >= 15 is 0 Å². The Morgan fingerprint density at radius 3 is 2.67 bits per heavy atom. The summed E-state index contributed by atoms with van der Waals surface area (Å²) in [4.78, 5) is 0. The number of rotatable bonds is 3. The molecule has 1 rings (SSSR count). The Kier molecular flexibility index (Phi) is 3.21. The topological polar surface area (TPSA) is 61.8 Å². The van der Waals surface area contributed by atoms with Gasteiger partial charge in [0.05, 0.1) is 11.3 Å². The van der Waals surface area contributed by atoms with Gasteiger partial charge in [0.25, 0.3) is 0 Å². The largest absolute Gasteiger partial charge is 0.399 e. The molecule has 0 fully saturated rings. The Morgan fingerprint density at radius 2 is 2.13 bits per heavy atom. The summed E-state index contributed by atoms with van der Waals surface area (Å²) in [6.45, 7) is 6.31. The first-order valence-electron chi connectivity index (χ1n) is 5.06. The molecule has 0 amide bonds. The van der Waals surface area contributed by atoms with Gasteiger partial charge in [-0.2, -0.15) is 5.26 Å². The van der Waals surface area contributed by atoms with Crippen molar-refractivity contribution in [3.8, 4) is 6.07 Å². The van der Waals surface area contributed by atoms with Crippen molar-refractivity contribution in [2.75, 3.05) is 11.1 Å². The van der Waals surface area contributed by atoms with Gasteiger partial charge in [0.15, 0.2) is 0 Å². The summed E-state index contributed by atoms with van der Waals surface area (Å²) in [5.41, 5.74) is 7.67. The second-order valence-corrected chi connectivity index (χ2v) is 4.28. The van der Waals surface area contributed by atoms with Crippen molar-refractivity contribution in [3.63, 3.8) is 0 Å². The molecule has 0 aliphatic carbocycles. The number of hydrogen-bond acceptors (Lipinski definition) is 3. The van der Waals surface area contributed by atoms with Crippen molar-refractivity contribution in [2.45, 2.75) is 32.7 Å². The highest BCUT2D eigenvalue weighted by atomic mass is 15.0. The third-order valence-corrected chi connectivity index (χ3v) is 2.52. The van der Waals surface area contributed by atoms with Crippen molar-refractivity contribution in [1.82, 2.24) is 0 Å². The fourth-order valence-electron chi connectivity index (χ4n) is 1.22. The number of nitrogen functional groups attached to an aromatic ring is 1. The van der Waals surface area contributed by atoms with Crippen LogP contribution in [0.5, 0.6) is 0 Å². The Labute approximate surface area is 90.9 Å². The summed E-state index contributed by atoms with van der Waals surface area (Å²) in [5, 5.41) is 12.3. The van der Waals surface area contributed by atoms with Crippen LogP contribution in [0.2, 0.25) is 0 Å². The molecule has 1 aromatic rings. The molecule has 3 N–H and O–H groups in total. The van der Waals surface area contributed by atoms with Gasteiger partial charge in [-0.1, -0.05) is 6.92 Å². The summed E-state index contributed by atoms with van der Waals surface area (Å²) in [7, 11) is 0. The maximum Gasteiger partial charge on any atom is 0.101 e. The van der Waals surface area contributed by atoms with Crippen molar-refractivity contribution in [1.29, 1.82) is 5.26 Å². The normalized spacial score (nSPS) is 10.8. The van der Waals surface area contributed by atoms with Crippen LogP contribution in [0.15, 0.2) is 18.2 Å². The quantitative estimate of drug-likeness (QED) is 0.742. The van der Waals surface area contributed by atoms with E-state index < -0.39 is 0 Å². The standard InChI is InChI=1S/C12H17N3/c1-4-12(2,3)15-11-6-5-10(14)7-9(11)8-13/h5-7,15H,4,14H2,1-3H3. The zero-order chi connectivity index (χ0) is 11.5. The average molecular weight is 203 g/mol. The van der Waals surface area contributed by atoms with Gasteiger partial charge in [-0.05, 0) is 38.5 Å². The van der Waals surface area contributed by atoms with E-state index in [2.05, 4.69) is 32.2 Å². The third kappa shape index (κ3) is 2.88. The highest BCUT2D eigenvalue weighted by molar-refractivity contribution is 5.63. The second-order valence-electron chi connectivity index (χ2n) is 4.28. The van der Waals surface area contributed by atoms with Gasteiger partial charge < -0.3 is 11.1 Å². The van der Waals surface area contributed by atoms with E-state index in [-0.39, 0.29) is 5.54 Å². The van der Waals surface area contributed by atoms with Gasteiger partial charge in [0.2, 0.25) is 0 Å². The highest BCUT2D eigenvalue weighted by Gasteiger charge is 2.15. The van der Waals surface area contributed by atoms with Crippen LogP contribution < -0.4 is 11.1 Å². The summed E-state index contributed by atoms with van der Waals surface area (Å²) in [5.74, 6) is 0. The van der Waals surface area contributed by atoms with E-state index in [0.717, 1.165) is 12.1 Å². The lowest BCUT2D eigenvalue weighted by atomic mass is 10.0. The van der Waals surface area contributed by atoms with Crippen LogP contribution >= 0.6 is 0 Å². The Hall–Kier alpha value is -1.69. The number of nitrogens with two attached hydrogens (primary N) is 1. The zero-order valence-electron chi connectivity index (χ0n) is 9.46. The molecule has 0 heterocycles. The van der Waals surface area contributed by atoms with Gasteiger partial charge >= 0.3 is 0 Å². The maximum absolute atomic E-state index is 8.97. The van der Waals surface area contributed by atoms with E-state index in [1.54, 1.807) is 12.1 Å². The fraction of sp³-hybridized carbons (Fsp3) is 0.417. The molecule has 0 atom stereocenters. The lowest BCUT2D eigenvalue weighted by Crippen LogP contribution is -2.30. The van der Waals surface area contributed by atoms with Crippen molar-refractivity contribution in [3.05, 3.63) is 23.8 Å². The van der Waals surface area contributed by atoms with Crippen molar-refractivity contribution < 1.29 is 0 Å². The van der Waals surface area contributed by atoms with Gasteiger partial charge in [0.1, 0.15) is 6.07 Å². The monoisotopic (exact) mass is 203 g/mol. The number of anilines is 2. The molecule has 0 radical (unpaired) electrons. The van der Waals surface area contributed by atoms with E-state index in [1.165, 1.54) is 0 Å². The lowest BCUT2D eigenvalue weighted by molar-refractivity contribution is 0.547. The summed E-state index contributed by atoms with van der Waals surface area (Å²) in [6, 6.07) is 7.48. The van der Waals surface area contributed by atoms with Crippen LogP contribution in [-0.2, 0) is 0 Å². The van der Waals surface area contributed by atoms with E-state index in [0.29, 0.717) is 11.3 Å². The number of hydrogen-bond donors (Lipinski definition) is 2. The summed E-state index contributed by atoms with van der Waals surface area (Å²) < 4.78 is 0. The smallest absolute Gasteiger partial charge is 0.101 e. The first-order valence-corrected chi connectivity index (χ1v) is 5.06. The molecule has 0 saturated heterocycles. The summed E-state index contributed by atoms with van der Waals surface area (Å²) >= 11 is 0. The molecule has 0 bridgehead atoms. The highest BCUT2D eigenvalue weighted by Crippen LogP contribution is 2.23. The molecular weight excluding hydrogens is 186 g/mol. The predicted octanol–water partition coefficient (Wildman–Crippen LogP) is 2.74. The molecule has 3 nitrogen and oxygen atoms in total. The second kappa shape index (κ2) is 4.22. The minimum Gasteiger partial charge on any atom is -0.399 e. The first kappa shape index (κ1) is 11.4. The number of nitrogens with one attached hydrogen (secondary N) is 1. The average Bonchev–Trinajstić information content (AvgIpc) is 2.20. The van der Waals surface area contributed by atoms with Crippen LogP contribution in [0.25, 0.3) is 0 Å². The Morgan fingerprint density at radius 1 is 1.47 bits per heavy atom. The summed E-state index contributed by atoms with van der Waals surface area (Å²) in [6.07, 6.45) is 0.988. The molecule has 0 saturated carbocycles. The number of benzene rings is 1. The van der Waals surface area contributed by atoms with Crippen LogP contribution in [0.1, 0.15) is 32.8 Å². The molecule has 0 unspecified atom stereocenters. The van der Waals surface area contributed by atoms with Gasteiger partial charge in [-0.3, -0.25) is 0 Å². The van der Waals surface area contributed by atoms with E-state index in [9.17, 15) is 0 Å². The van der Waals surface area contributed by atoms with Crippen LogP contribution in [0, 0.1) is 11.3 Å². The minimum atomic E-state index is -0.0122.